The van der Waals surface area contributed by atoms with Crippen LogP contribution in [0.15, 0.2) is 18.2 Å². The number of hydrogen-bond acceptors (Lipinski definition) is 5. The second-order valence-electron chi connectivity index (χ2n) is 6.02. The lowest BCUT2D eigenvalue weighted by molar-refractivity contribution is 0.0953. The summed E-state index contributed by atoms with van der Waals surface area (Å²) < 4.78 is 5.68. The van der Waals surface area contributed by atoms with Crippen molar-refractivity contribution in [2.24, 2.45) is 11.7 Å². The summed E-state index contributed by atoms with van der Waals surface area (Å²) in [6.07, 6.45) is 9.67. The number of carbonyl (C=O) groups is 2. The van der Waals surface area contributed by atoms with Crippen LogP contribution in [0.2, 0.25) is 0 Å². The van der Waals surface area contributed by atoms with E-state index in [0.717, 1.165) is 12.8 Å². The van der Waals surface area contributed by atoms with Crippen LogP contribution in [0.3, 0.4) is 0 Å². The fraction of sp³-hybridized carbons (Fsp3) is 0.556. The second-order valence-corrected chi connectivity index (χ2v) is 6.02. The average molecular weight is 350 g/mol. The molecule has 0 spiro atoms. The monoisotopic (exact) mass is 350 g/mol. The number of hydrogen-bond donors (Lipinski definition) is 4. The van der Waals surface area contributed by atoms with E-state index in [0.29, 0.717) is 12.4 Å². The molecule has 0 bridgehead atoms. The molecule has 0 unspecified atom stereocenters. The van der Waals surface area contributed by atoms with Crippen molar-refractivity contribution in [1.82, 2.24) is 10.9 Å². The lowest BCUT2D eigenvalue weighted by Crippen LogP contribution is -2.32. The molecule has 1 aromatic rings. The summed E-state index contributed by atoms with van der Waals surface area (Å²) in [6, 6.07) is 4.52. The predicted molar refractivity (Wildman–Crippen MR) is 97.9 cm³/mol. The largest absolute Gasteiger partial charge is 0.494 e. The van der Waals surface area contributed by atoms with E-state index in [-0.39, 0.29) is 11.1 Å². The van der Waals surface area contributed by atoms with Crippen molar-refractivity contribution in [3.63, 3.8) is 0 Å². The molecular weight excluding hydrogens is 320 g/mol. The summed E-state index contributed by atoms with van der Waals surface area (Å²) in [4.78, 5) is 23.4. The van der Waals surface area contributed by atoms with Gasteiger partial charge in [0.05, 0.1) is 6.61 Å². The number of carbonyl (C=O) groups excluding carboxylic acids is 2. The van der Waals surface area contributed by atoms with Gasteiger partial charge >= 0.3 is 0 Å². The van der Waals surface area contributed by atoms with Crippen LogP contribution in [0.4, 0.5) is 0 Å². The van der Waals surface area contributed by atoms with Gasteiger partial charge in [-0.3, -0.25) is 20.4 Å². The Balaban J connectivity index is 2.46. The first-order chi connectivity index (χ1) is 12.1. The first kappa shape index (κ1) is 20.9. The minimum atomic E-state index is -0.497. The van der Waals surface area contributed by atoms with Gasteiger partial charge in [0, 0.05) is 11.1 Å². The van der Waals surface area contributed by atoms with Crippen LogP contribution in [-0.2, 0) is 0 Å². The number of ether oxygens (including phenoxy) is 1. The third kappa shape index (κ3) is 8.00. The third-order valence-electron chi connectivity index (χ3n) is 3.96. The van der Waals surface area contributed by atoms with Crippen molar-refractivity contribution in [3.8, 4) is 5.75 Å². The summed E-state index contributed by atoms with van der Waals surface area (Å²) in [6.45, 7) is 2.75. The molecule has 0 aliphatic carbocycles. The molecule has 0 saturated carbocycles. The Morgan fingerprint density at radius 1 is 0.840 bits per heavy atom. The highest BCUT2D eigenvalue weighted by Crippen LogP contribution is 2.18. The summed E-state index contributed by atoms with van der Waals surface area (Å²) in [5.74, 6) is 9.74. The van der Waals surface area contributed by atoms with Crippen LogP contribution in [-0.4, -0.2) is 18.4 Å². The molecule has 0 aromatic heterocycles. The summed E-state index contributed by atoms with van der Waals surface area (Å²) >= 11 is 0. The molecule has 6 N–H and O–H groups in total. The molecule has 0 atom stereocenters. The Bertz CT molecular complexity index is 515. The fourth-order valence-corrected chi connectivity index (χ4v) is 2.54. The van der Waals surface area contributed by atoms with E-state index in [1.54, 1.807) is 12.1 Å². The van der Waals surface area contributed by atoms with Crippen molar-refractivity contribution in [3.05, 3.63) is 29.3 Å². The molecule has 0 aliphatic rings. The SMILES string of the molecule is CCCCCCCCCCOc1cc(C(=O)NN)cc(C(=O)NN)c1. The highest BCUT2D eigenvalue weighted by atomic mass is 16.5. The number of nitrogens with one attached hydrogen (secondary N) is 2. The van der Waals surface area contributed by atoms with Crippen LogP contribution in [0, 0.1) is 0 Å². The highest BCUT2D eigenvalue weighted by Gasteiger charge is 2.12. The standard InChI is InChI=1S/C18H30N4O3/c1-2-3-4-5-6-7-8-9-10-25-16-12-14(17(23)21-19)11-15(13-16)18(24)22-20/h11-13H,2-10,19-20H2,1H3,(H,21,23)(H,22,24). The van der Waals surface area contributed by atoms with Crippen LogP contribution in [0.25, 0.3) is 0 Å². The third-order valence-corrected chi connectivity index (χ3v) is 3.96. The van der Waals surface area contributed by atoms with Crippen LogP contribution >= 0.6 is 0 Å². The first-order valence-corrected chi connectivity index (χ1v) is 8.92. The van der Waals surface area contributed by atoms with Gasteiger partial charge in [0.1, 0.15) is 5.75 Å². The summed E-state index contributed by atoms with van der Waals surface area (Å²) in [7, 11) is 0. The van der Waals surface area contributed by atoms with E-state index in [4.69, 9.17) is 16.4 Å². The minimum absolute atomic E-state index is 0.245. The number of unbranched alkanes of at least 4 members (excludes halogenated alkanes) is 7. The topological polar surface area (TPSA) is 119 Å². The van der Waals surface area contributed by atoms with E-state index in [1.165, 1.54) is 44.6 Å². The molecule has 2 amide bonds. The van der Waals surface area contributed by atoms with Gasteiger partial charge in [-0.15, -0.1) is 0 Å². The molecule has 0 saturated heterocycles. The van der Waals surface area contributed by atoms with E-state index in [9.17, 15) is 9.59 Å². The lowest BCUT2D eigenvalue weighted by Gasteiger charge is -2.10. The maximum absolute atomic E-state index is 11.7. The molecule has 0 fully saturated rings. The van der Waals surface area contributed by atoms with Gasteiger partial charge in [0.15, 0.2) is 0 Å². The number of benzene rings is 1. The van der Waals surface area contributed by atoms with Gasteiger partial charge < -0.3 is 4.74 Å². The molecule has 25 heavy (non-hydrogen) atoms. The maximum Gasteiger partial charge on any atom is 0.265 e. The second kappa shape index (κ2) is 12.3. The minimum Gasteiger partial charge on any atom is -0.494 e. The zero-order valence-electron chi connectivity index (χ0n) is 15.0. The molecule has 7 nitrogen and oxygen atoms in total. The lowest BCUT2D eigenvalue weighted by atomic mass is 10.1. The number of nitrogen functional groups attached to an aromatic ring is 2. The number of nitrogens with two attached hydrogens (primary N) is 2. The molecule has 1 aromatic carbocycles. The van der Waals surface area contributed by atoms with Gasteiger partial charge in [-0.2, -0.15) is 0 Å². The highest BCUT2D eigenvalue weighted by molar-refractivity contribution is 5.99. The zero-order valence-corrected chi connectivity index (χ0v) is 15.0. The van der Waals surface area contributed by atoms with E-state index >= 15 is 0 Å². The van der Waals surface area contributed by atoms with E-state index in [2.05, 4.69) is 6.92 Å². The zero-order chi connectivity index (χ0) is 18.5. The van der Waals surface area contributed by atoms with Crippen LogP contribution < -0.4 is 27.3 Å². The Labute approximate surface area is 149 Å². The van der Waals surface area contributed by atoms with Crippen LogP contribution in [0.1, 0.15) is 79.0 Å². The van der Waals surface area contributed by atoms with Crippen molar-refractivity contribution in [2.75, 3.05) is 6.61 Å². The Hall–Kier alpha value is -2.12. The van der Waals surface area contributed by atoms with Gasteiger partial charge in [-0.05, 0) is 24.6 Å². The first-order valence-electron chi connectivity index (χ1n) is 8.92. The maximum atomic E-state index is 11.7. The molecule has 0 radical (unpaired) electrons. The van der Waals surface area contributed by atoms with Gasteiger partial charge in [-0.25, -0.2) is 11.7 Å². The normalized spacial score (nSPS) is 10.4. The van der Waals surface area contributed by atoms with Gasteiger partial charge in [0.2, 0.25) is 0 Å². The number of rotatable bonds is 12. The van der Waals surface area contributed by atoms with Gasteiger partial charge in [-0.1, -0.05) is 51.9 Å². The van der Waals surface area contributed by atoms with Crippen molar-refractivity contribution in [1.29, 1.82) is 0 Å². The van der Waals surface area contributed by atoms with E-state index < -0.39 is 11.8 Å². The molecule has 1 rings (SSSR count). The average Bonchev–Trinajstić information content (AvgIpc) is 2.65. The van der Waals surface area contributed by atoms with Crippen molar-refractivity contribution in [2.45, 2.75) is 58.3 Å². The van der Waals surface area contributed by atoms with Gasteiger partial charge in [0.25, 0.3) is 11.8 Å². The molecule has 140 valence electrons. The molecule has 0 aliphatic heterocycles. The molecular formula is C18H30N4O3. The predicted octanol–water partition coefficient (Wildman–Crippen LogP) is 2.41. The quantitative estimate of drug-likeness (QED) is 0.200. The Morgan fingerprint density at radius 2 is 1.32 bits per heavy atom. The molecule has 0 heterocycles. The van der Waals surface area contributed by atoms with Crippen LogP contribution in [0.5, 0.6) is 5.75 Å². The smallest absolute Gasteiger partial charge is 0.265 e. The van der Waals surface area contributed by atoms with Crippen molar-refractivity contribution >= 4 is 11.8 Å². The fourth-order valence-electron chi connectivity index (χ4n) is 2.54. The summed E-state index contributed by atoms with van der Waals surface area (Å²) in [5, 5.41) is 0. The molecule has 7 heteroatoms. The Kier molecular flexibility index (Phi) is 10.3. The van der Waals surface area contributed by atoms with Crippen molar-refractivity contribution < 1.29 is 14.3 Å². The summed E-state index contributed by atoms with van der Waals surface area (Å²) in [5.41, 5.74) is 4.57. The number of hydrazine groups is 2. The van der Waals surface area contributed by atoms with E-state index in [1.807, 2.05) is 10.9 Å². The Morgan fingerprint density at radius 3 is 1.80 bits per heavy atom. The number of amides is 2.